The highest BCUT2D eigenvalue weighted by Crippen LogP contribution is 2.12. The molecule has 0 aromatic carbocycles. The summed E-state index contributed by atoms with van der Waals surface area (Å²) in [6, 6.07) is 0. The minimum absolute atomic E-state index is 0. The molecule has 124 valence electrons. The lowest BCUT2D eigenvalue weighted by atomic mass is 10.1. The SMILES string of the molecule is CCCCCCCCCCCC[S+](CCC)CCC.[Br-]. The van der Waals surface area contributed by atoms with Gasteiger partial charge in [-0.25, -0.2) is 0 Å². The first-order chi connectivity index (χ1) is 9.35. The maximum absolute atomic E-state index is 2.34. The molecule has 0 aromatic rings. The van der Waals surface area contributed by atoms with Gasteiger partial charge >= 0.3 is 0 Å². The van der Waals surface area contributed by atoms with Crippen LogP contribution < -0.4 is 17.0 Å². The van der Waals surface area contributed by atoms with Gasteiger partial charge in [0, 0.05) is 0 Å². The number of rotatable bonds is 15. The zero-order valence-electron chi connectivity index (χ0n) is 14.4. The Morgan fingerprint density at radius 2 is 0.850 bits per heavy atom. The Bertz CT molecular complexity index is 155. The van der Waals surface area contributed by atoms with Gasteiger partial charge < -0.3 is 17.0 Å². The van der Waals surface area contributed by atoms with Gasteiger partial charge in [0.25, 0.3) is 0 Å². The second-order valence-corrected chi connectivity index (χ2v) is 8.36. The van der Waals surface area contributed by atoms with Gasteiger partial charge in [-0.05, 0) is 36.6 Å². The van der Waals surface area contributed by atoms with E-state index in [1.807, 2.05) is 0 Å². The van der Waals surface area contributed by atoms with Crippen molar-refractivity contribution in [2.45, 2.75) is 97.8 Å². The fraction of sp³-hybridized carbons (Fsp3) is 1.00. The number of unbranched alkanes of at least 4 members (excludes halogenated alkanes) is 9. The quantitative estimate of drug-likeness (QED) is 0.308. The first-order valence-electron chi connectivity index (χ1n) is 8.99. The monoisotopic (exact) mass is 366 g/mol. The molecule has 0 radical (unpaired) electrons. The van der Waals surface area contributed by atoms with E-state index in [0.29, 0.717) is 0 Å². The molecular formula is C18H39BrS. The minimum atomic E-state index is 0. The Hall–Kier alpha value is 0.830. The van der Waals surface area contributed by atoms with Crippen molar-refractivity contribution in [1.82, 2.24) is 0 Å². The largest absolute Gasteiger partial charge is 1.00 e. The third-order valence-corrected chi connectivity index (χ3v) is 6.61. The van der Waals surface area contributed by atoms with Gasteiger partial charge in [-0.2, -0.15) is 0 Å². The maximum atomic E-state index is 2.34. The molecule has 0 unspecified atom stereocenters. The Morgan fingerprint density at radius 3 is 1.25 bits per heavy atom. The third kappa shape index (κ3) is 16.9. The minimum Gasteiger partial charge on any atom is -1.00 e. The molecule has 0 saturated carbocycles. The van der Waals surface area contributed by atoms with Crippen LogP contribution in [-0.4, -0.2) is 17.3 Å². The van der Waals surface area contributed by atoms with Crippen molar-refractivity contribution in [3.05, 3.63) is 0 Å². The molecule has 0 aliphatic rings. The zero-order chi connectivity index (χ0) is 14.2. The van der Waals surface area contributed by atoms with Crippen molar-refractivity contribution in [2.24, 2.45) is 0 Å². The van der Waals surface area contributed by atoms with Gasteiger partial charge in [0.15, 0.2) is 0 Å². The molecule has 0 nitrogen and oxygen atoms in total. The van der Waals surface area contributed by atoms with Gasteiger partial charge in [-0.3, -0.25) is 0 Å². The second-order valence-electron chi connectivity index (χ2n) is 5.91. The van der Waals surface area contributed by atoms with Gasteiger partial charge in [0.2, 0.25) is 0 Å². The number of hydrogen-bond acceptors (Lipinski definition) is 0. The van der Waals surface area contributed by atoms with E-state index in [9.17, 15) is 0 Å². The fourth-order valence-electron chi connectivity index (χ4n) is 2.68. The molecule has 0 aliphatic carbocycles. The van der Waals surface area contributed by atoms with Crippen LogP contribution in [-0.2, 0) is 10.9 Å². The van der Waals surface area contributed by atoms with Crippen molar-refractivity contribution < 1.29 is 17.0 Å². The van der Waals surface area contributed by atoms with Crippen LogP contribution in [0.1, 0.15) is 97.8 Å². The van der Waals surface area contributed by atoms with E-state index in [0.717, 1.165) is 10.9 Å². The number of halogens is 1. The highest BCUT2D eigenvalue weighted by atomic mass is 79.9. The Morgan fingerprint density at radius 1 is 0.450 bits per heavy atom. The summed E-state index contributed by atoms with van der Waals surface area (Å²) in [5.41, 5.74) is 0. The lowest BCUT2D eigenvalue weighted by Gasteiger charge is -2.07. The van der Waals surface area contributed by atoms with Crippen molar-refractivity contribution in [3.63, 3.8) is 0 Å². The van der Waals surface area contributed by atoms with Gasteiger partial charge in [-0.15, -0.1) is 0 Å². The summed E-state index contributed by atoms with van der Waals surface area (Å²) in [5.74, 6) is 4.51. The van der Waals surface area contributed by atoms with E-state index in [1.165, 1.54) is 94.3 Å². The maximum Gasteiger partial charge on any atom is 0.108 e. The second kappa shape index (κ2) is 19.8. The first-order valence-corrected chi connectivity index (χ1v) is 10.7. The van der Waals surface area contributed by atoms with E-state index >= 15 is 0 Å². The predicted octanol–water partition coefficient (Wildman–Crippen LogP) is 3.35. The average Bonchev–Trinajstić information content (AvgIpc) is 2.41. The summed E-state index contributed by atoms with van der Waals surface area (Å²) in [6.07, 6.45) is 17.5. The van der Waals surface area contributed by atoms with Crippen LogP contribution in [0.5, 0.6) is 0 Å². The summed E-state index contributed by atoms with van der Waals surface area (Å²) in [7, 11) is 0.763. The highest BCUT2D eigenvalue weighted by molar-refractivity contribution is 7.96. The molecule has 0 atom stereocenters. The van der Waals surface area contributed by atoms with Gasteiger partial charge in [0.1, 0.15) is 17.3 Å². The lowest BCUT2D eigenvalue weighted by Crippen LogP contribution is -3.00. The van der Waals surface area contributed by atoms with Crippen molar-refractivity contribution in [2.75, 3.05) is 17.3 Å². The molecule has 0 aliphatic heterocycles. The van der Waals surface area contributed by atoms with Crippen molar-refractivity contribution in [3.8, 4) is 0 Å². The molecule has 20 heavy (non-hydrogen) atoms. The Balaban J connectivity index is 0. The van der Waals surface area contributed by atoms with E-state index in [2.05, 4.69) is 20.8 Å². The topological polar surface area (TPSA) is 0 Å². The number of hydrogen-bond donors (Lipinski definition) is 0. The van der Waals surface area contributed by atoms with E-state index < -0.39 is 0 Å². The average molecular weight is 367 g/mol. The molecule has 0 heterocycles. The molecule has 0 aromatic heterocycles. The first kappa shape index (κ1) is 23.1. The molecule has 0 saturated heterocycles. The van der Waals surface area contributed by atoms with Gasteiger partial charge in [0.05, 0.1) is 0 Å². The van der Waals surface area contributed by atoms with E-state index in [1.54, 1.807) is 0 Å². The third-order valence-electron chi connectivity index (χ3n) is 3.77. The fourth-order valence-corrected chi connectivity index (χ4v) is 5.06. The summed E-state index contributed by atoms with van der Waals surface area (Å²) in [4.78, 5) is 0. The van der Waals surface area contributed by atoms with Crippen LogP contribution >= 0.6 is 0 Å². The summed E-state index contributed by atoms with van der Waals surface area (Å²) < 4.78 is 0. The summed E-state index contributed by atoms with van der Waals surface area (Å²) >= 11 is 0. The van der Waals surface area contributed by atoms with Crippen LogP contribution in [0.4, 0.5) is 0 Å². The molecule has 0 rings (SSSR count). The normalized spacial score (nSPS) is 10.8. The van der Waals surface area contributed by atoms with Crippen molar-refractivity contribution >= 4 is 10.9 Å². The van der Waals surface area contributed by atoms with E-state index in [4.69, 9.17) is 0 Å². The predicted molar refractivity (Wildman–Crippen MR) is 94.4 cm³/mol. The Kier molecular flexibility index (Phi) is 22.9. The lowest BCUT2D eigenvalue weighted by molar-refractivity contribution is -0.00000436. The van der Waals surface area contributed by atoms with Crippen LogP contribution in [0.2, 0.25) is 0 Å². The van der Waals surface area contributed by atoms with Crippen LogP contribution in [0.25, 0.3) is 0 Å². The molecule has 2 heteroatoms. The molecule has 0 bridgehead atoms. The van der Waals surface area contributed by atoms with Crippen molar-refractivity contribution in [1.29, 1.82) is 0 Å². The van der Waals surface area contributed by atoms with Crippen LogP contribution in [0.3, 0.4) is 0 Å². The van der Waals surface area contributed by atoms with Crippen LogP contribution in [0.15, 0.2) is 0 Å². The highest BCUT2D eigenvalue weighted by Gasteiger charge is 2.14. The van der Waals surface area contributed by atoms with E-state index in [-0.39, 0.29) is 17.0 Å². The molecular weight excluding hydrogens is 328 g/mol. The summed E-state index contributed by atoms with van der Waals surface area (Å²) in [6.45, 7) is 6.98. The molecule has 0 fully saturated rings. The summed E-state index contributed by atoms with van der Waals surface area (Å²) in [5, 5.41) is 0. The molecule has 0 spiro atoms. The smallest absolute Gasteiger partial charge is 0.108 e. The molecule has 0 amide bonds. The zero-order valence-corrected chi connectivity index (χ0v) is 16.8. The Labute approximate surface area is 143 Å². The van der Waals surface area contributed by atoms with Gasteiger partial charge in [-0.1, -0.05) is 72.1 Å². The van der Waals surface area contributed by atoms with Crippen LogP contribution in [0, 0.1) is 0 Å². The molecule has 0 N–H and O–H groups in total. The standard InChI is InChI=1S/C18H39S.BrH/c1-4-7-8-9-10-11-12-13-14-15-18-19(16-5-2)17-6-3;/h4-18H2,1-3H3;1H/q+1;/p-1.